The van der Waals surface area contributed by atoms with Crippen molar-refractivity contribution in [2.24, 2.45) is 5.92 Å². The standard InChI is InChI=1S/C14H20N2O2/c1-10-6-8-11(9-7-10)16(2)14(18)12-4-3-5-13(17)15-12/h3-5,10-11H,6-9H2,1-2H3,(H,15,17). The summed E-state index contributed by atoms with van der Waals surface area (Å²) in [6.07, 6.45) is 4.46. The number of carbonyl (C=O) groups is 1. The lowest BCUT2D eigenvalue weighted by molar-refractivity contribution is 0.0673. The van der Waals surface area contributed by atoms with Crippen LogP contribution in [0.2, 0.25) is 0 Å². The van der Waals surface area contributed by atoms with E-state index >= 15 is 0 Å². The van der Waals surface area contributed by atoms with Gasteiger partial charge in [0.25, 0.3) is 5.91 Å². The first-order valence-corrected chi connectivity index (χ1v) is 6.54. The van der Waals surface area contributed by atoms with Crippen LogP contribution in [0.4, 0.5) is 0 Å². The Kier molecular flexibility index (Phi) is 3.84. The molecule has 1 aliphatic carbocycles. The van der Waals surface area contributed by atoms with Crippen molar-refractivity contribution in [2.45, 2.75) is 38.6 Å². The fourth-order valence-electron chi connectivity index (χ4n) is 2.56. The lowest BCUT2D eigenvalue weighted by atomic mass is 9.86. The molecular formula is C14H20N2O2. The second-order valence-electron chi connectivity index (χ2n) is 5.26. The van der Waals surface area contributed by atoms with Crippen LogP contribution in [0.1, 0.15) is 43.1 Å². The zero-order valence-electron chi connectivity index (χ0n) is 11.0. The molecule has 0 radical (unpaired) electrons. The first-order valence-electron chi connectivity index (χ1n) is 6.54. The second-order valence-corrected chi connectivity index (χ2v) is 5.26. The largest absolute Gasteiger partial charge is 0.337 e. The summed E-state index contributed by atoms with van der Waals surface area (Å²) in [4.78, 5) is 27.8. The van der Waals surface area contributed by atoms with Gasteiger partial charge in [-0.25, -0.2) is 0 Å². The maximum Gasteiger partial charge on any atom is 0.270 e. The molecule has 98 valence electrons. The molecule has 1 heterocycles. The van der Waals surface area contributed by atoms with Crippen molar-refractivity contribution in [3.05, 3.63) is 34.2 Å². The van der Waals surface area contributed by atoms with Crippen molar-refractivity contribution < 1.29 is 4.79 Å². The number of H-pyrrole nitrogens is 1. The molecule has 0 saturated heterocycles. The van der Waals surface area contributed by atoms with Crippen LogP contribution in [0.25, 0.3) is 0 Å². The summed E-state index contributed by atoms with van der Waals surface area (Å²) in [5.74, 6) is 0.675. The molecule has 0 aliphatic heterocycles. The van der Waals surface area contributed by atoms with Gasteiger partial charge in [0.1, 0.15) is 5.69 Å². The lowest BCUT2D eigenvalue weighted by Gasteiger charge is -2.33. The molecule has 1 amide bonds. The molecule has 0 aromatic carbocycles. The molecule has 1 N–H and O–H groups in total. The zero-order valence-corrected chi connectivity index (χ0v) is 11.0. The normalized spacial score (nSPS) is 23.7. The summed E-state index contributed by atoms with van der Waals surface area (Å²) in [6.45, 7) is 2.26. The fraction of sp³-hybridized carbons (Fsp3) is 0.571. The van der Waals surface area contributed by atoms with Gasteiger partial charge in [-0.3, -0.25) is 9.59 Å². The van der Waals surface area contributed by atoms with E-state index in [1.807, 2.05) is 7.05 Å². The molecule has 1 fully saturated rings. The summed E-state index contributed by atoms with van der Waals surface area (Å²) >= 11 is 0. The van der Waals surface area contributed by atoms with E-state index in [0.29, 0.717) is 11.7 Å². The monoisotopic (exact) mass is 248 g/mol. The maximum absolute atomic E-state index is 12.2. The van der Waals surface area contributed by atoms with Gasteiger partial charge in [-0.1, -0.05) is 13.0 Å². The highest BCUT2D eigenvalue weighted by Gasteiger charge is 2.25. The van der Waals surface area contributed by atoms with Gasteiger partial charge in [-0.2, -0.15) is 0 Å². The van der Waals surface area contributed by atoms with Gasteiger partial charge in [0.2, 0.25) is 5.56 Å². The number of hydrogen-bond acceptors (Lipinski definition) is 2. The van der Waals surface area contributed by atoms with Crippen LogP contribution >= 0.6 is 0 Å². The summed E-state index contributed by atoms with van der Waals surface area (Å²) < 4.78 is 0. The minimum atomic E-state index is -0.230. The van der Waals surface area contributed by atoms with Gasteiger partial charge in [0, 0.05) is 19.2 Å². The number of rotatable bonds is 2. The van der Waals surface area contributed by atoms with Crippen molar-refractivity contribution in [3.8, 4) is 0 Å². The van der Waals surface area contributed by atoms with Crippen molar-refractivity contribution in [2.75, 3.05) is 7.05 Å². The fourth-order valence-corrected chi connectivity index (χ4v) is 2.56. The molecule has 1 aromatic heterocycles. The Balaban J connectivity index is 2.07. The van der Waals surface area contributed by atoms with Crippen LogP contribution in [-0.2, 0) is 0 Å². The van der Waals surface area contributed by atoms with Gasteiger partial charge in [-0.15, -0.1) is 0 Å². The number of carbonyl (C=O) groups excluding carboxylic acids is 1. The average Bonchev–Trinajstić information content (AvgIpc) is 2.38. The Morgan fingerprint density at radius 1 is 1.28 bits per heavy atom. The summed E-state index contributed by atoms with van der Waals surface area (Å²) in [5.41, 5.74) is 0.148. The van der Waals surface area contributed by atoms with Crippen LogP contribution < -0.4 is 5.56 Å². The topological polar surface area (TPSA) is 53.2 Å². The van der Waals surface area contributed by atoms with E-state index in [9.17, 15) is 9.59 Å². The molecule has 1 saturated carbocycles. The third-order valence-corrected chi connectivity index (χ3v) is 3.85. The predicted molar refractivity (Wildman–Crippen MR) is 70.6 cm³/mol. The molecule has 4 heteroatoms. The smallest absolute Gasteiger partial charge is 0.270 e. The average molecular weight is 248 g/mol. The highest BCUT2D eigenvalue weighted by atomic mass is 16.2. The SMILES string of the molecule is CC1CCC(N(C)C(=O)c2cccc(=O)[nH]2)CC1. The quantitative estimate of drug-likeness (QED) is 0.870. The molecule has 2 rings (SSSR count). The van der Waals surface area contributed by atoms with Crippen molar-refractivity contribution in [3.63, 3.8) is 0 Å². The molecule has 1 aromatic rings. The Morgan fingerprint density at radius 2 is 1.94 bits per heavy atom. The Morgan fingerprint density at radius 3 is 2.56 bits per heavy atom. The Hall–Kier alpha value is -1.58. The number of nitrogens with one attached hydrogen (secondary N) is 1. The molecule has 18 heavy (non-hydrogen) atoms. The van der Waals surface area contributed by atoms with Gasteiger partial charge in [0.05, 0.1) is 0 Å². The Bertz CT molecular complexity index is 473. The highest BCUT2D eigenvalue weighted by Crippen LogP contribution is 2.26. The van der Waals surface area contributed by atoms with Crippen LogP contribution in [0, 0.1) is 5.92 Å². The van der Waals surface area contributed by atoms with Crippen molar-refractivity contribution in [1.82, 2.24) is 9.88 Å². The van der Waals surface area contributed by atoms with E-state index in [-0.39, 0.29) is 11.5 Å². The molecule has 1 aliphatic rings. The first-order chi connectivity index (χ1) is 8.58. The molecule has 0 unspecified atom stereocenters. The molecular weight excluding hydrogens is 228 g/mol. The summed E-state index contributed by atoms with van der Waals surface area (Å²) in [5, 5.41) is 0. The molecule has 4 nitrogen and oxygen atoms in total. The summed E-state index contributed by atoms with van der Waals surface area (Å²) in [7, 11) is 1.83. The van der Waals surface area contributed by atoms with Gasteiger partial charge in [-0.05, 0) is 37.7 Å². The van der Waals surface area contributed by atoms with E-state index in [0.717, 1.165) is 18.8 Å². The maximum atomic E-state index is 12.2. The zero-order chi connectivity index (χ0) is 13.1. The van der Waals surface area contributed by atoms with Crippen molar-refractivity contribution in [1.29, 1.82) is 0 Å². The van der Waals surface area contributed by atoms with E-state index < -0.39 is 0 Å². The lowest BCUT2D eigenvalue weighted by Crippen LogP contribution is -2.40. The third-order valence-electron chi connectivity index (χ3n) is 3.85. The molecule has 0 spiro atoms. The van der Waals surface area contributed by atoms with Gasteiger partial charge >= 0.3 is 0 Å². The minimum Gasteiger partial charge on any atom is -0.337 e. The number of hydrogen-bond donors (Lipinski definition) is 1. The van der Waals surface area contributed by atoms with E-state index in [4.69, 9.17) is 0 Å². The molecule has 0 bridgehead atoms. The van der Waals surface area contributed by atoms with Crippen LogP contribution in [0.3, 0.4) is 0 Å². The first kappa shape index (κ1) is 12.9. The number of pyridine rings is 1. The Labute approximate surface area is 107 Å². The van der Waals surface area contributed by atoms with Crippen LogP contribution in [0.15, 0.2) is 23.0 Å². The number of nitrogens with zero attached hydrogens (tertiary/aromatic N) is 1. The van der Waals surface area contributed by atoms with Crippen molar-refractivity contribution >= 4 is 5.91 Å². The number of aromatic amines is 1. The van der Waals surface area contributed by atoms with E-state index in [1.165, 1.54) is 18.9 Å². The number of amides is 1. The van der Waals surface area contributed by atoms with Crippen LogP contribution in [-0.4, -0.2) is 28.9 Å². The van der Waals surface area contributed by atoms with E-state index in [1.54, 1.807) is 17.0 Å². The second kappa shape index (κ2) is 5.38. The van der Waals surface area contributed by atoms with Crippen LogP contribution in [0.5, 0.6) is 0 Å². The van der Waals surface area contributed by atoms with E-state index in [2.05, 4.69) is 11.9 Å². The third kappa shape index (κ3) is 2.81. The highest BCUT2D eigenvalue weighted by molar-refractivity contribution is 5.92. The number of aromatic nitrogens is 1. The van der Waals surface area contributed by atoms with Gasteiger partial charge in [0.15, 0.2) is 0 Å². The summed E-state index contributed by atoms with van der Waals surface area (Å²) in [6, 6.07) is 4.99. The minimum absolute atomic E-state index is 0.0905. The van der Waals surface area contributed by atoms with Gasteiger partial charge < -0.3 is 9.88 Å². The molecule has 0 atom stereocenters. The predicted octanol–water partition coefficient (Wildman–Crippen LogP) is 2.03.